The monoisotopic (exact) mass is 360 g/mol. The number of aryl methyl sites for hydroxylation is 1. The first-order chi connectivity index (χ1) is 13.0. The van der Waals surface area contributed by atoms with E-state index in [0.29, 0.717) is 24.1 Å². The van der Waals surface area contributed by atoms with Crippen LogP contribution >= 0.6 is 0 Å². The van der Waals surface area contributed by atoms with Crippen molar-refractivity contribution < 1.29 is 4.79 Å². The summed E-state index contributed by atoms with van der Waals surface area (Å²) in [7, 11) is 0. The molecule has 1 amide bonds. The van der Waals surface area contributed by atoms with Gasteiger partial charge in [-0.15, -0.1) is 0 Å². The Morgan fingerprint density at radius 2 is 1.70 bits per heavy atom. The van der Waals surface area contributed by atoms with Crippen LogP contribution in [-0.2, 0) is 6.54 Å². The summed E-state index contributed by atoms with van der Waals surface area (Å²) in [6.45, 7) is 6.66. The largest absolute Gasteiger partial charge is 0.350 e. The highest BCUT2D eigenvalue weighted by atomic mass is 16.1. The number of anilines is 2. The molecular weight excluding hydrogens is 336 g/mol. The number of para-hydroxylation sites is 1. The van der Waals surface area contributed by atoms with Crippen LogP contribution < -0.4 is 10.6 Å². The molecule has 0 aliphatic rings. The van der Waals surface area contributed by atoms with Crippen LogP contribution in [0, 0.1) is 6.92 Å². The summed E-state index contributed by atoms with van der Waals surface area (Å²) in [4.78, 5) is 21.5. The minimum absolute atomic E-state index is 0.239. The molecule has 0 radical (unpaired) electrons. The summed E-state index contributed by atoms with van der Waals surface area (Å²) in [6, 6.07) is 19.5. The number of nitrogens with zero attached hydrogens (tertiary/aromatic N) is 2. The molecule has 0 spiro atoms. The minimum Gasteiger partial charge on any atom is -0.350 e. The van der Waals surface area contributed by atoms with Crippen molar-refractivity contribution in [2.45, 2.75) is 33.2 Å². The van der Waals surface area contributed by atoms with Crippen molar-refractivity contribution in [3.8, 4) is 0 Å². The highest BCUT2D eigenvalue weighted by Crippen LogP contribution is 2.24. The lowest BCUT2D eigenvalue weighted by molar-refractivity contribution is 0.102. The Balaban J connectivity index is 1.76. The van der Waals surface area contributed by atoms with Gasteiger partial charge in [-0.05, 0) is 36.1 Å². The number of nitrogens with one attached hydrogen (secondary N) is 2. The number of benzene rings is 2. The van der Waals surface area contributed by atoms with E-state index in [4.69, 9.17) is 0 Å². The van der Waals surface area contributed by atoms with Crippen molar-refractivity contribution in [1.82, 2.24) is 9.97 Å². The molecule has 0 unspecified atom stereocenters. The third-order valence-corrected chi connectivity index (χ3v) is 4.21. The summed E-state index contributed by atoms with van der Waals surface area (Å²) in [6.07, 6.45) is 0. The Bertz CT molecular complexity index is 923. The van der Waals surface area contributed by atoms with Crippen LogP contribution in [0.4, 0.5) is 11.6 Å². The molecule has 3 aromatic rings. The second kappa shape index (κ2) is 8.45. The molecule has 1 heterocycles. The van der Waals surface area contributed by atoms with E-state index in [9.17, 15) is 4.79 Å². The lowest BCUT2D eigenvalue weighted by atomic mass is 10.0. The van der Waals surface area contributed by atoms with Gasteiger partial charge in [0.05, 0.1) is 0 Å². The molecule has 3 rings (SSSR count). The Hall–Kier alpha value is -3.21. The number of hydrogen-bond donors (Lipinski definition) is 2. The lowest BCUT2D eigenvalue weighted by Gasteiger charge is -2.14. The average molecular weight is 360 g/mol. The van der Waals surface area contributed by atoms with Gasteiger partial charge in [-0.25, -0.2) is 9.97 Å². The number of rotatable bonds is 6. The zero-order valence-corrected chi connectivity index (χ0v) is 15.9. The van der Waals surface area contributed by atoms with E-state index in [1.807, 2.05) is 61.5 Å². The molecule has 27 heavy (non-hydrogen) atoms. The molecule has 0 bridgehead atoms. The van der Waals surface area contributed by atoms with Crippen LogP contribution in [0.25, 0.3) is 0 Å². The molecule has 0 saturated heterocycles. The third kappa shape index (κ3) is 4.91. The van der Waals surface area contributed by atoms with Gasteiger partial charge in [0.1, 0.15) is 5.69 Å². The van der Waals surface area contributed by atoms with E-state index >= 15 is 0 Å². The molecule has 2 aromatic carbocycles. The smallest absolute Gasteiger partial charge is 0.274 e. The molecule has 5 heteroatoms. The summed E-state index contributed by atoms with van der Waals surface area (Å²) in [5, 5.41) is 6.17. The van der Waals surface area contributed by atoms with Gasteiger partial charge >= 0.3 is 0 Å². The van der Waals surface area contributed by atoms with E-state index < -0.39 is 0 Å². The third-order valence-electron chi connectivity index (χ3n) is 4.21. The molecule has 2 N–H and O–H groups in total. The molecular formula is C22H24N4O. The van der Waals surface area contributed by atoms with Gasteiger partial charge in [-0.2, -0.15) is 0 Å². The fraction of sp³-hybridized carbons (Fsp3) is 0.227. The molecule has 138 valence electrons. The average Bonchev–Trinajstić information content (AvgIpc) is 2.67. The van der Waals surface area contributed by atoms with Crippen molar-refractivity contribution >= 4 is 17.5 Å². The van der Waals surface area contributed by atoms with Gasteiger partial charge in [-0.1, -0.05) is 62.4 Å². The maximum absolute atomic E-state index is 12.7. The summed E-state index contributed by atoms with van der Waals surface area (Å²) in [5.74, 6) is 0.522. The zero-order chi connectivity index (χ0) is 19.2. The Morgan fingerprint density at radius 3 is 2.44 bits per heavy atom. The van der Waals surface area contributed by atoms with E-state index in [1.54, 1.807) is 6.07 Å². The lowest BCUT2D eigenvalue weighted by Crippen LogP contribution is -2.17. The van der Waals surface area contributed by atoms with Crippen LogP contribution in [-0.4, -0.2) is 15.9 Å². The topological polar surface area (TPSA) is 66.9 Å². The number of amides is 1. The molecule has 0 aliphatic heterocycles. The minimum atomic E-state index is -0.239. The zero-order valence-electron chi connectivity index (χ0n) is 15.9. The molecule has 0 saturated carbocycles. The SMILES string of the molecule is Cc1cc(C(=O)Nc2ccccc2C(C)C)nc(NCc2ccccc2)n1. The molecule has 0 fully saturated rings. The number of carbonyl (C=O) groups is 1. The van der Waals surface area contributed by atoms with Gasteiger partial charge in [-0.3, -0.25) is 4.79 Å². The number of hydrogen-bond acceptors (Lipinski definition) is 4. The van der Waals surface area contributed by atoms with Crippen LogP contribution in [0.3, 0.4) is 0 Å². The molecule has 1 aromatic heterocycles. The van der Waals surface area contributed by atoms with Crippen molar-refractivity contribution in [1.29, 1.82) is 0 Å². The summed E-state index contributed by atoms with van der Waals surface area (Å²) in [5.41, 5.74) is 4.12. The van der Waals surface area contributed by atoms with Crippen LogP contribution in [0.15, 0.2) is 60.7 Å². The number of carbonyl (C=O) groups excluding carboxylic acids is 1. The summed E-state index contributed by atoms with van der Waals surface area (Å²) < 4.78 is 0. The second-order valence-electron chi connectivity index (χ2n) is 6.75. The fourth-order valence-electron chi connectivity index (χ4n) is 2.84. The molecule has 0 atom stereocenters. The standard InChI is InChI=1S/C22H24N4O/c1-15(2)18-11-7-8-12-19(18)25-21(27)20-13-16(3)24-22(26-20)23-14-17-9-5-4-6-10-17/h4-13,15H,14H2,1-3H3,(H,25,27)(H,23,24,26). The van der Waals surface area contributed by atoms with Crippen molar-refractivity contribution in [3.63, 3.8) is 0 Å². The Morgan fingerprint density at radius 1 is 1.00 bits per heavy atom. The van der Waals surface area contributed by atoms with Gasteiger partial charge in [0.15, 0.2) is 0 Å². The molecule has 5 nitrogen and oxygen atoms in total. The van der Waals surface area contributed by atoms with E-state index in [1.165, 1.54) is 0 Å². The molecule has 0 aliphatic carbocycles. The predicted molar refractivity (Wildman–Crippen MR) is 109 cm³/mol. The van der Waals surface area contributed by atoms with Crippen LogP contribution in [0.2, 0.25) is 0 Å². The highest BCUT2D eigenvalue weighted by molar-refractivity contribution is 6.03. The number of aromatic nitrogens is 2. The first-order valence-electron chi connectivity index (χ1n) is 9.06. The first kappa shape index (κ1) is 18.6. The van der Waals surface area contributed by atoms with Gasteiger partial charge in [0.25, 0.3) is 5.91 Å². The van der Waals surface area contributed by atoms with Crippen molar-refractivity contribution in [2.24, 2.45) is 0 Å². The Kier molecular flexibility index (Phi) is 5.81. The van der Waals surface area contributed by atoms with Gasteiger partial charge in [0.2, 0.25) is 5.95 Å². The Labute approximate surface area is 159 Å². The van der Waals surface area contributed by atoms with Gasteiger partial charge < -0.3 is 10.6 Å². The van der Waals surface area contributed by atoms with E-state index in [2.05, 4.69) is 34.4 Å². The highest BCUT2D eigenvalue weighted by Gasteiger charge is 2.14. The second-order valence-corrected chi connectivity index (χ2v) is 6.75. The van der Waals surface area contributed by atoms with Crippen LogP contribution in [0.1, 0.15) is 47.1 Å². The first-order valence-corrected chi connectivity index (χ1v) is 9.06. The quantitative estimate of drug-likeness (QED) is 0.664. The maximum atomic E-state index is 12.7. The normalized spacial score (nSPS) is 10.7. The van der Waals surface area contributed by atoms with Crippen molar-refractivity contribution in [3.05, 3.63) is 83.2 Å². The van der Waals surface area contributed by atoms with Gasteiger partial charge in [0, 0.05) is 17.9 Å². The predicted octanol–water partition coefficient (Wildman–Crippen LogP) is 4.77. The van der Waals surface area contributed by atoms with Crippen molar-refractivity contribution in [2.75, 3.05) is 10.6 Å². The van der Waals surface area contributed by atoms with Crippen LogP contribution in [0.5, 0.6) is 0 Å². The maximum Gasteiger partial charge on any atom is 0.274 e. The van der Waals surface area contributed by atoms with E-state index in [-0.39, 0.29) is 5.91 Å². The summed E-state index contributed by atoms with van der Waals surface area (Å²) >= 11 is 0. The van der Waals surface area contributed by atoms with E-state index in [0.717, 1.165) is 22.5 Å². The fourth-order valence-corrected chi connectivity index (χ4v) is 2.84.